The molecule has 10 heteroatoms. The molecule has 0 aliphatic heterocycles. The van der Waals surface area contributed by atoms with E-state index in [0.717, 1.165) is 10.7 Å². The van der Waals surface area contributed by atoms with Gasteiger partial charge in [0.05, 0.1) is 24.2 Å². The normalized spacial score (nSPS) is 19.2. The van der Waals surface area contributed by atoms with Crippen molar-refractivity contribution in [2.75, 3.05) is 0 Å². The molecule has 1 aliphatic rings. The molecule has 0 saturated heterocycles. The van der Waals surface area contributed by atoms with Gasteiger partial charge >= 0.3 is 6.18 Å². The summed E-state index contributed by atoms with van der Waals surface area (Å²) in [5.41, 5.74) is -0.168. The Hall–Kier alpha value is -2.86. The van der Waals surface area contributed by atoms with Crippen LogP contribution in [0.15, 0.2) is 35.1 Å². The van der Waals surface area contributed by atoms with Crippen molar-refractivity contribution in [1.82, 2.24) is 19.2 Å². The quantitative estimate of drug-likeness (QED) is 0.684. The summed E-state index contributed by atoms with van der Waals surface area (Å²) < 4.78 is 40.6. The number of nitrogens with zero attached hydrogens (tertiary/aromatic N) is 5. The van der Waals surface area contributed by atoms with Crippen LogP contribution in [-0.4, -0.2) is 19.2 Å². The van der Waals surface area contributed by atoms with Crippen LogP contribution in [0.4, 0.5) is 13.2 Å². The topological polar surface area (TPSA) is 76.0 Å². The van der Waals surface area contributed by atoms with Gasteiger partial charge in [-0.25, -0.2) is 9.67 Å². The van der Waals surface area contributed by atoms with E-state index in [1.807, 2.05) is 0 Å². The van der Waals surface area contributed by atoms with Crippen LogP contribution in [0.2, 0.25) is 5.15 Å². The molecule has 3 heterocycles. The molecule has 0 amide bonds. The first-order chi connectivity index (χ1) is 12.8. The Morgan fingerprint density at radius 3 is 2.74 bits per heavy atom. The van der Waals surface area contributed by atoms with Gasteiger partial charge in [0.25, 0.3) is 5.56 Å². The largest absolute Gasteiger partial charge is 0.435 e. The summed E-state index contributed by atoms with van der Waals surface area (Å²) in [7, 11) is 0. The van der Waals surface area contributed by atoms with Crippen LogP contribution < -0.4 is 5.56 Å². The standard InChI is InChI=1S/C17H11ClF3N5O/c18-14-6-13(17(19,20)21)24-25(14)8-10-5-16(27)26-12(11-4-9(11)7-22)2-1-3-15(26)23-10/h1-3,5-6,9,11H,4,8H2/t9-,11+/m1/s1. The van der Waals surface area contributed by atoms with Gasteiger partial charge in [0.2, 0.25) is 0 Å². The number of pyridine rings is 1. The number of alkyl halides is 3. The van der Waals surface area contributed by atoms with Crippen LogP contribution in [0.1, 0.15) is 29.4 Å². The molecule has 0 bridgehead atoms. The molecule has 2 atom stereocenters. The van der Waals surface area contributed by atoms with Crippen LogP contribution in [0.3, 0.4) is 0 Å². The minimum Gasteiger partial charge on any atom is -0.269 e. The molecule has 1 fully saturated rings. The van der Waals surface area contributed by atoms with Crippen molar-refractivity contribution in [3.8, 4) is 6.07 Å². The van der Waals surface area contributed by atoms with Gasteiger partial charge in [0.15, 0.2) is 5.69 Å². The Balaban J connectivity index is 1.72. The summed E-state index contributed by atoms with van der Waals surface area (Å²) in [6.07, 6.45) is -3.92. The fraction of sp³-hybridized carbons (Fsp3) is 0.294. The maximum atomic E-state index is 12.8. The predicted molar refractivity (Wildman–Crippen MR) is 89.3 cm³/mol. The maximum absolute atomic E-state index is 12.8. The second kappa shape index (κ2) is 6.09. The van der Waals surface area contributed by atoms with Crippen molar-refractivity contribution < 1.29 is 13.2 Å². The summed E-state index contributed by atoms with van der Waals surface area (Å²) in [6, 6.07) is 9.29. The van der Waals surface area contributed by atoms with E-state index in [2.05, 4.69) is 16.2 Å². The van der Waals surface area contributed by atoms with E-state index in [0.29, 0.717) is 17.8 Å². The SMILES string of the molecule is N#C[C@H]1C[C@@H]1c1cccc2nc(Cn3nc(C(F)(F)F)cc3Cl)cc(=O)n12. The number of hydrogen-bond donors (Lipinski definition) is 0. The lowest BCUT2D eigenvalue weighted by Crippen LogP contribution is -2.20. The van der Waals surface area contributed by atoms with Gasteiger partial charge in [0.1, 0.15) is 10.8 Å². The third-order valence-corrected chi connectivity index (χ3v) is 4.74. The molecule has 3 aromatic heterocycles. The molecule has 0 unspecified atom stereocenters. The number of hydrogen-bond acceptors (Lipinski definition) is 4. The lowest BCUT2D eigenvalue weighted by molar-refractivity contribution is -0.141. The lowest BCUT2D eigenvalue weighted by atomic mass is 10.2. The van der Waals surface area contributed by atoms with Crippen LogP contribution in [-0.2, 0) is 12.7 Å². The smallest absolute Gasteiger partial charge is 0.269 e. The van der Waals surface area contributed by atoms with E-state index in [1.54, 1.807) is 18.2 Å². The van der Waals surface area contributed by atoms with Crippen molar-refractivity contribution in [1.29, 1.82) is 5.26 Å². The van der Waals surface area contributed by atoms with Crippen LogP contribution in [0.25, 0.3) is 5.65 Å². The van der Waals surface area contributed by atoms with Crippen molar-refractivity contribution in [2.24, 2.45) is 5.92 Å². The first-order valence-corrected chi connectivity index (χ1v) is 8.37. The van der Waals surface area contributed by atoms with E-state index in [1.165, 1.54) is 10.5 Å². The molecule has 6 nitrogen and oxygen atoms in total. The van der Waals surface area contributed by atoms with Crippen LogP contribution in [0, 0.1) is 17.2 Å². The number of aromatic nitrogens is 4. The van der Waals surface area contributed by atoms with Gasteiger partial charge < -0.3 is 0 Å². The van der Waals surface area contributed by atoms with Gasteiger partial charge in [-0.1, -0.05) is 17.7 Å². The van der Waals surface area contributed by atoms with Crippen LogP contribution in [0.5, 0.6) is 0 Å². The fourth-order valence-corrected chi connectivity index (χ4v) is 3.26. The van der Waals surface area contributed by atoms with E-state index in [-0.39, 0.29) is 34.8 Å². The van der Waals surface area contributed by atoms with Crippen molar-refractivity contribution in [3.05, 3.63) is 62.9 Å². The summed E-state index contributed by atoms with van der Waals surface area (Å²) in [5, 5.41) is 12.3. The molecule has 138 valence electrons. The monoisotopic (exact) mass is 393 g/mol. The highest BCUT2D eigenvalue weighted by molar-refractivity contribution is 6.29. The van der Waals surface area contributed by atoms with Crippen molar-refractivity contribution >= 4 is 17.2 Å². The van der Waals surface area contributed by atoms with Gasteiger partial charge in [-0.15, -0.1) is 0 Å². The number of fused-ring (bicyclic) bond motifs is 1. The van der Waals surface area contributed by atoms with Gasteiger partial charge in [0, 0.05) is 23.7 Å². The zero-order chi connectivity index (χ0) is 19.3. The third kappa shape index (κ3) is 3.17. The zero-order valence-electron chi connectivity index (χ0n) is 13.6. The Morgan fingerprint density at radius 2 is 2.11 bits per heavy atom. The first-order valence-electron chi connectivity index (χ1n) is 7.99. The second-order valence-corrected chi connectivity index (χ2v) is 6.70. The molecule has 3 aromatic rings. The molecule has 0 aromatic carbocycles. The predicted octanol–water partition coefficient (Wildman–Crippen LogP) is 3.24. The average Bonchev–Trinajstić information content (AvgIpc) is 3.30. The Bertz CT molecular complexity index is 1140. The van der Waals surface area contributed by atoms with Gasteiger partial charge in [-0.3, -0.25) is 9.20 Å². The summed E-state index contributed by atoms with van der Waals surface area (Å²) in [4.78, 5) is 16.9. The molecule has 4 rings (SSSR count). The number of rotatable bonds is 3. The lowest BCUT2D eigenvalue weighted by Gasteiger charge is -2.09. The van der Waals surface area contributed by atoms with E-state index >= 15 is 0 Å². The molecular formula is C17H11ClF3N5O. The highest BCUT2D eigenvalue weighted by Gasteiger charge is 2.40. The minimum atomic E-state index is -4.61. The van der Waals surface area contributed by atoms with Crippen molar-refractivity contribution in [3.63, 3.8) is 0 Å². The minimum absolute atomic E-state index is 0.0149. The zero-order valence-corrected chi connectivity index (χ0v) is 14.4. The molecule has 27 heavy (non-hydrogen) atoms. The third-order valence-electron chi connectivity index (χ3n) is 4.44. The highest BCUT2D eigenvalue weighted by Crippen LogP contribution is 2.46. The molecule has 1 saturated carbocycles. The Labute approximate surface area is 155 Å². The van der Waals surface area contributed by atoms with Gasteiger partial charge in [-0.05, 0) is 18.6 Å². The summed E-state index contributed by atoms with van der Waals surface area (Å²) >= 11 is 5.82. The fourth-order valence-electron chi connectivity index (χ4n) is 3.06. The highest BCUT2D eigenvalue weighted by atomic mass is 35.5. The van der Waals surface area contributed by atoms with Gasteiger partial charge in [-0.2, -0.15) is 23.5 Å². The maximum Gasteiger partial charge on any atom is 0.435 e. The molecule has 0 spiro atoms. The molecule has 0 radical (unpaired) electrons. The first kappa shape index (κ1) is 17.5. The van der Waals surface area contributed by atoms with E-state index in [9.17, 15) is 18.0 Å². The van der Waals surface area contributed by atoms with Crippen LogP contribution >= 0.6 is 11.6 Å². The molecule has 0 N–H and O–H groups in total. The molecule has 1 aliphatic carbocycles. The van der Waals surface area contributed by atoms with E-state index in [4.69, 9.17) is 16.9 Å². The number of nitriles is 1. The Kier molecular flexibility index (Phi) is 3.96. The summed E-state index contributed by atoms with van der Waals surface area (Å²) in [6.45, 7) is -0.171. The number of halogens is 4. The average molecular weight is 394 g/mol. The van der Waals surface area contributed by atoms with Crippen molar-refractivity contribution in [2.45, 2.75) is 25.1 Å². The molecular weight excluding hydrogens is 383 g/mol. The Morgan fingerprint density at radius 1 is 1.33 bits per heavy atom. The second-order valence-electron chi connectivity index (χ2n) is 6.32. The van der Waals surface area contributed by atoms with E-state index < -0.39 is 11.9 Å². The summed E-state index contributed by atoms with van der Waals surface area (Å²) in [5.74, 6) is -0.134.